The van der Waals surface area contributed by atoms with Gasteiger partial charge in [0.1, 0.15) is 11.5 Å². The van der Waals surface area contributed by atoms with Crippen molar-refractivity contribution < 1.29 is 14.4 Å². The van der Waals surface area contributed by atoms with Gasteiger partial charge < -0.3 is 9.47 Å². The minimum atomic E-state index is -0.546. The maximum atomic E-state index is 11.3. The third-order valence-corrected chi connectivity index (χ3v) is 5.62. The summed E-state index contributed by atoms with van der Waals surface area (Å²) in [5, 5.41) is 18.1. The molecule has 2 atom stereocenters. The van der Waals surface area contributed by atoms with Gasteiger partial charge in [-0.2, -0.15) is 5.10 Å². The number of benzene rings is 3. The molecule has 0 radical (unpaired) electrons. The summed E-state index contributed by atoms with van der Waals surface area (Å²) in [5.74, 6) is 1.60. The van der Waals surface area contributed by atoms with E-state index in [9.17, 15) is 10.1 Å². The summed E-state index contributed by atoms with van der Waals surface area (Å²) < 4.78 is 12.0. The van der Waals surface area contributed by atoms with Crippen LogP contribution in [-0.2, 0) is 0 Å². The maximum absolute atomic E-state index is 11.3. The van der Waals surface area contributed by atoms with Crippen LogP contribution in [0.4, 0.5) is 5.69 Å². The maximum Gasteiger partial charge on any atom is 0.269 e. The fraction of sp³-hybridized carbons (Fsp3) is 0.240. The summed E-state index contributed by atoms with van der Waals surface area (Å²) in [6.45, 7) is 4.00. The highest BCUT2D eigenvalue weighted by molar-refractivity contribution is 6.02. The van der Waals surface area contributed by atoms with Gasteiger partial charge in [0, 0.05) is 29.7 Å². The quantitative estimate of drug-likeness (QED) is 0.388. The van der Waals surface area contributed by atoms with E-state index in [1.54, 1.807) is 12.1 Å². The van der Waals surface area contributed by atoms with Crippen molar-refractivity contribution in [3.05, 3.63) is 99.6 Å². The Hall–Kier alpha value is -3.87. The topological polar surface area (TPSA) is 77.2 Å². The molecule has 7 nitrogen and oxygen atoms in total. The lowest BCUT2D eigenvalue weighted by molar-refractivity contribution is -0.385. The Labute approximate surface area is 186 Å². The smallest absolute Gasteiger partial charge is 0.269 e. The second-order valence-corrected chi connectivity index (χ2v) is 8.20. The number of hydrogen-bond donors (Lipinski definition) is 0. The lowest BCUT2D eigenvalue weighted by Crippen LogP contribution is -2.33. The number of nitro groups is 1. The summed E-state index contributed by atoms with van der Waals surface area (Å²) in [5.41, 5.74) is 3.76. The summed E-state index contributed by atoms with van der Waals surface area (Å²) in [4.78, 5) is 10.9. The van der Waals surface area contributed by atoms with Crippen LogP contribution in [0, 0.1) is 10.1 Å². The number of para-hydroxylation sites is 1. The van der Waals surface area contributed by atoms with Gasteiger partial charge >= 0.3 is 0 Å². The Morgan fingerprint density at radius 1 is 1.09 bits per heavy atom. The number of ether oxygens (including phenoxy) is 2. The van der Waals surface area contributed by atoms with Crippen LogP contribution in [0.5, 0.6) is 11.5 Å². The van der Waals surface area contributed by atoms with Crippen LogP contribution in [0.15, 0.2) is 77.9 Å². The molecule has 0 unspecified atom stereocenters. The number of hydrazone groups is 1. The van der Waals surface area contributed by atoms with Gasteiger partial charge in [-0.15, -0.1) is 0 Å². The van der Waals surface area contributed by atoms with Crippen molar-refractivity contribution in [1.29, 1.82) is 0 Å². The first-order chi connectivity index (χ1) is 15.5. The van der Waals surface area contributed by atoms with Crippen LogP contribution < -0.4 is 9.47 Å². The molecule has 0 spiro atoms. The number of rotatable bonds is 5. The fourth-order valence-electron chi connectivity index (χ4n) is 4.22. The predicted octanol–water partition coefficient (Wildman–Crippen LogP) is 5.62. The summed E-state index contributed by atoms with van der Waals surface area (Å²) in [6.07, 6.45) is 0.287. The van der Waals surface area contributed by atoms with E-state index >= 15 is 0 Å². The van der Waals surface area contributed by atoms with Gasteiger partial charge in [-0.3, -0.25) is 10.1 Å². The molecule has 2 heterocycles. The van der Waals surface area contributed by atoms with Crippen molar-refractivity contribution in [2.75, 3.05) is 0 Å². The number of nitrogens with zero attached hydrogens (tertiary/aromatic N) is 3. The molecule has 2 aliphatic rings. The molecule has 7 heteroatoms. The van der Waals surface area contributed by atoms with E-state index < -0.39 is 11.2 Å². The van der Waals surface area contributed by atoms with Crippen LogP contribution in [0.25, 0.3) is 0 Å². The molecule has 0 saturated carbocycles. The van der Waals surface area contributed by atoms with E-state index in [0.717, 1.165) is 34.8 Å². The second kappa shape index (κ2) is 8.00. The minimum Gasteiger partial charge on any atom is -0.491 e. The zero-order valence-corrected chi connectivity index (χ0v) is 17.8. The standard InChI is InChI=1S/C25H23N3O4/c1-16(2)31-20-12-10-17(11-13-20)22-15-23-21-8-3-4-9-24(21)32-25(27(23)26-22)18-6-5-7-19(14-18)28(29)30/h3-14,16,23,25H,15H2,1-2H3/t23-,25-/m0/s1. The normalized spacial score (nSPS) is 19.1. The van der Waals surface area contributed by atoms with Crippen molar-refractivity contribution >= 4 is 11.4 Å². The van der Waals surface area contributed by atoms with Crippen molar-refractivity contribution in [3.8, 4) is 11.5 Å². The average molecular weight is 429 g/mol. The molecule has 2 aliphatic heterocycles. The first-order valence-corrected chi connectivity index (χ1v) is 10.6. The van der Waals surface area contributed by atoms with Crippen molar-refractivity contribution in [3.63, 3.8) is 0 Å². The largest absolute Gasteiger partial charge is 0.491 e. The van der Waals surface area contributed by atoms with Gasteiger partial charge in [-0.25, -0.2) is 5.01 Å². The van der Waals surface area contributed by atoms with E-state index in [1.165, 1.54) is 6.07 Å². The van der Waals surface area contributed by atoms with Crippen molar-refractivity contribution in [2.24, 2.45) is 5.10 Å². The zero-order chi connectivity index (χ0) is 22.2. The van der Waals surface area contributed by atoms with Crippen LogP contribution in [0.3, 0.4) is 0 Å². The monoisotopic (exact) mass is 429 g/mol. The summed E-state index contributed by atoms with van der Waals surface area (Å²) in [6, 6.07) is 22.4. The highest BCUT2D eigenvalue weighted by Crippen LogP contribution is 2.47. The fourth-order valence-corrected chi connectivity index (χ4v) is 4.22. The molecule has 0 fully saturated rings. The van der Waals surface area contributed by atoms with Gasteiger partial charge in [0.2, 0.25) is 6.23 Å². The molecular formula is C25H23N3O4. The van der Waals surface area contributed by atoms with Gasteiger partial charge in [0.15, 0.2) is 0 Å². The van der Waals surface area contributed by atoms with Crippen LogP contribution in [-0.4, -0.2) is 21.7 Å². The Balaban J connectivity index is 1.52. The number of hydrogen-bond acceptors (Lipinski definition) is 6. The molecule has 3 aromatic rings. The molecule has 3 aromatic carbocycles. The van der Waals surface area contributed by atoms with E-state index in [1.807, 2.05) is 67.4 Å². The number of non-ortho nitro benzene ring substituents is 1. The molecular weight excluding hydrogens is 406 g/mol. The predicted molar refractivity (Wildman–Crippen MR) is 121 cm³/mol. The first-order valence-electron chi connectivity index (χ1n) is 10.6. The minimum absolute atomic E-state index is 0.00852. The lowest BCUT2D eigenvalue weighted by atomic mass is 9.96. The number of fused-ring (bicyclic) bond motifs is 3. The van der Waals surface area contributed by atoms with Crippen LogP contribution >= 0.6 is 0 Å². The van der Waals surface area contributed by atoms with Crippen LogP contribution in [0.2, 0.25) is 0 Å². The molecule has 32 heavy (non-hydrogen) atoms. The van der Waals surface area contributed by atoms with E-state index in [2.05, 4.69) is 6.07 Å². The van der Waals surface area contributed by atoms with E-state index in [4.69, 9.17) is 14.6 Å². The van der Waals surface area contributed by atoms with Crippen molar-refractivity contribution in [1.82, 2.24) is 5.01 Å². The average Bonchev–Trinajstić information content (AvgIpc) is 3.24. The van der Waals surface area contributed by atoms with Gasteiger partial charge in [-0.1, -0.05) is 30.3 Å². The molecule has 162 valence electrons. The van der Waals surface area contributed by atoms with Crippen molar-refractivity contribution in [2.45, 2.75) is 38.6 Å². The van der Waals surface area contributed by atoms with E-state index in [0.29, 0.717) is 5.56 Å². The molecule has 0 amide bonds. The van der Waals surface area contributed by atoms with Gasteiger partial charge in [0.05, 0.1) is 22.8 Å². The zero-order valence-electron chi connectivity index (χ0n) is 17.8. The molecule has 0 bridgehead atoms. The lowest BCUT2D eigenvalue weighted by Gasteiger charge is -2.38. The Kier molecular flexibility index (Phi) is 5.01. The summed E-state index contributed by atoms with van der Waals surface area (Å²) >= 11 is 0. The Morgan fingerprint density at radius 2 is 1.88 bits per heavy atom. The third kappa shape index (κ3) is 3.66. The van der Waals surface area contributed by atoms with Gasteiger partial charge in [0.25, 0.3) is 5.69 Å². The molecule has 0 aromatic heterocycles. The Morgan fingerprint density at radius 3 is 2.62 bits per heavy atom. The van der Waals surface area contributed by atoms with Crippen LogP contribution in [0.1, 0.15) is 49.2 Å². The molecule has 5 rings (SSSR count). The van der Waals surface area contributed by atoms with E-state index in [-0.39, 0.29) is 17.8 Å². The SMILES string of the molecule is CC(C)Oc1ccc(C2=NN3[C@@H](C2)c2ccccc2O[C@H]3c2cccc([N+](=O)[O-])c2)cc1. The molecule has 0 saturated heterocycles. The molecule has 0 N–H and O–H groups in total. The molecule has 0 aliphatic carbocycles. The second-order valence-electron chi connectivity index (χ2n) is 8.20. The third-order valence-electron chi connectivity index (χ3n) is 5.62. The Bertz CT molecular complexity index is 1190. The van der Waals surface area contributed by atoms with Gasteiger partial charge in [-0.05, 0) is 49.7 Å². The first kappa shape index (κ1) is 20.1. The number of nitro benzene ring substituents is 1. The highest BCUT2D eigenvalue weighted by Gasteiger charge is 2.41. The highest BCUT2D eigenvalue weighted by atomic mass is 16.6. The summed E-state index contributed by atoms with van der Waals surface area (Å²) in [7, 11) is 0.